The fourth-order valence-electron chi connectivity index (χ4n) is 1.79. The molecule has 22 heavy (non-hydrogen) atoms. The Hall–Kier alpha value is -1.59. The Morgan fingerprint density at radius 1 is 1.27 bits per heavy atom. The summed E-state index contributed by atoms with van der Waals surface area (Å²) >= 11 is 7.38. The molecule has 0 unspecified atom stereocenters. The molecule has 0 saturated carbocycles. The van der Waals surface area contributed by atoms with Gasteiger partial charge in [-0.05, 0) is 37.6 Å². The van der Waals surface area contributed by atoms with Crippen molar-refractivity contribution >= 4 is 28.9 Å². The minimum absolute atomic E-state index is 0.187. The van der Waals surface area contributed by atoms with Crippen LogP contribution in [0.5, 0.6) is 5.75 Å². The molecular formula is C16H18ClNO3S. The second-order valence-corrected chi connectivity index (χ2v) is 6.19. The third-order valence-electron chi connectivity index (χ3n) is 2.92. The van der Waals surface area contributed by atoms with Gasteiger partial charge in [-0.25, -0.2) is 9.78 Å². The van der Waals surface area contributed by atoms with Crippen LogP contribution in [-0.2, 0) is 4.74 Å². The quantitative estimate of drug-likeness (QED) is 0.536. The van der Waals surface area contributed by atoms with Crippen LogP contribution in [0.3, 0.4) is 0 Å². The van der Waals surface area contributed by atoms with Gasteiger partial charge in [0.15, 0.2) is 5.69 Å². The summed E-state index contributed by atoms with van der Waals surface area (Å²) < 4.78 is 10.9. The van der Waals surface area contributed by atoms with Crippen LogP contribution in [0.2, 0.25) is 4.34 Å². The Bertz CT molecular complexity index is 625. The van der Waals surface area contributed by atoms with E-state index in [9.17, 15) is 4.79 Å². The number of ether oxygens (including phenoxy) is 2. The summed E-state index contributed by atoms with van der Waals surface area (Å²) in [6, 6.07) is 7.53. The van der Waals surface area contributed by atoms with Crippen LogP contribution in [-0.4, -0.2) is 24.2 Å². The molecule has 1 aromatic carbocycles. The molecule has 0 aliphatic heterocycles. The van der Waals surface area contributed by atoms with Gasteiger partial charge in [0.05, 0.1) is 13.2 Å². The van der Waals surface area contributed by atoms with E-state index >= 15 is 0 Å². The fourth-order valence-corrected chi connectivity index (χ4v) is 2.91. The van der Waals surface area contributed by atoms with Gasteiger partial charge < -0.3 is 9.47 Å². The zero-order valence-corrected chi connectivity index (χ0v) is 14.2. The number of carbonyl (C=O) groups is 1. The van der Waals surface area contributed by atoms with Crippen molar-refractivity contribution in [3.63, 3.8) is 0 Å². The van der Waals surface area contributed by atoms with E-state index in [-0.39, 0.29) is 5.69 Å². The van der Waals surface area contributed by atoms with Gasteiger partial charge in [0, 0.05) is 5.56 Å². The van der Waals surface area contributed by atoms with Gasteiger partial charge in [-0.3, -0.25) is 0 Å². The molecule has 0 atom stereocenters. The van der Waals surface area contributed by atoms with E-state index in [1.165, 1.54) is 11.3 Å². The molecule has 2 rings (SSSR count). The van der Waals surface area contributed by atoms with Crippen LogP contribution in [0.15, 0.2) is 24.3 Å². The van der Waals surface area contributed by atoms with Crippen molar-refractivity contribution in [2.75, 3.05) is 13.2 Å². The first kappa shape index (κ1) is 16.8. The maximum atomic E-state index is 11.9. The summed E-state index contributed by atoms with van der Waals surface area (Å²) in [6.07, 6.45) is 1.80. The number of carbonyl (C=O) groups excluding carboxylic acids is 1. The van der Waals surface area contributed by atoms with Gasteiger partial charge in [-0.2, -0.15) is 0 Å². The maximum Gasteiger partial charge on any atom is 0.359 e. The number of rotatable bonds is 7. The highest BCUT2D eigenvalue weighted by Gasteiger charge is 2.19. The normalized spacial score (nSPS) is 10.5. The lowest BCUT2D eigenvalue weighted by molar-refractivity contribution is 0.0494. The van der Waals surface area contributed by atoms with E-state index in [0.29, 0.717) is 22.6 Å². The highest BCUT2D eigenvalue weighted by molar-refractivity contribution is 7.19. The summed E-state index contributed by atoms with van der Waals surface area (Å²) in [4.78, 5) is 16.2. The van der Waals surface area contributed by atoms with Crippen molar-refractivity contribution in [2.45, 2.75) is 26.7 Å². The first-order valence-electron chi connectivity index (χ1n) is 7.22. The standard InChI is InChI=1S/C16H18ClNO3S/c1-3-5-10-21-16(19)13-14(17)22-15(18-13)11-6-8-12(9-7-11)20-4-2/h6-9H,3-5,10H2,1-2H3. The molecule has 0 radical (unpaired) electrons. The smallest absolute Gasteiger partial charge is 0.359 e. The van der Waals surface area contributed by atoms with Crippen LogP contribution < -0.4 is 4.74 Å². The number of halogens is 1. The summed E-state index contributed by atoms with van der Waals surface area (Å²) in [5.41, 5.74) is 1.08. The molecule has 0 fully saturated rings. The Morgan fingerprint density at radius 3 is 2.64 bits per heavy atom. The molecule has 0 saturated heterocycles. The SMILES string of the molecule is CCCCOC(=O)c1nc(-c2ccc(OCC)cc2)sc1Cl. The van der Waals surface area contributed by atoms with E-state index in [1.807, 2.05) is 38.1 Å². The molecule has 0 N–H and O–H groups in total. The van der Waals surface area contributed by atoms with E-state index in [2.05, 4.69) is 4.98 Å². The minimum atomic E-state index is -0.466. The van der Waals surface area contributed by atoms with Crippen LogP contribution in [0.4, 0.5) is 0 Å². The first-order valence-corrected chi connectivity index (χ1v) is 8.41. The highest BCUT2D eigenvalue weighted by Crippen LogP contribution is 2.32. The number of nitrogens with zero attached hydrogens (tertiary/aromatic N) is 1. The molecule has 0 bridgehead atoms. The zero-order chi connectivity index (χ0) is 15.9. The Morgan fingerprint density at radius 2 is 2.00 bits per heavy atom. The molecule has 1 heterocycles. The molecule has 1 aromatic heterocycles. The van der Waals surface area contributed by atoms with Crippen LogP contribution in [0, 0.1) is 0 Å². The maximum absolute atomic E-state index is 11.9. The third kappa shape index (κ3) is 4.21. The molecule has 0 amide bonds. The molecule has 6 heteroatoms. The second-order valence-electron chi connectivity index (χ2n) is 4.59. The molecule has 4 nitrogen and oxygen atoms in total. The van der Waals surface area contributed by atoms with Crippen molar-refractivity contribution in [3.05, 3.63) is 34.3 Å². The van der Waals surface area contributed by atoms with E-state index < -0.39 is 5.97 Å². The number of aromatic nitrogens is 1. The predicted molar refractivity (Wildman–Crippen MR) is 88.9 cm³/mol. The largest absolute Gasteiger partial charge is 0.494 e. The van der Waals surface area contributed by atoms with Gasteiger partial charge in [0.1, 0.15) is 15.1 Å². The summed E-state index contributed by atoms with van der Waals surface area (Å²) in [5.74, 6) is 0.333. The van der Waals surface area contributed by atoms with Gasteiger partial charge in [0.25, 0.3) is 0 Å². The zero-order valence-electron chi connectivity index (χ0n) is 12.6. The van der Waals surface area contributed by atoms with E-state index in [1.54, 1.807) is 0 Å². The number of hydrogen-bond donors (Lipinski definition) is 0. The van der Waals surface area contributed by atoms with Crippen LogP contribution >= 0.6 is 22.9 Å². The van der Waals surface area contributed by atoms with E-state index in [4.69, 9.17) is 21.1 Å². The predicted octanol–water partition coefficient (Wildman–Crippen LogP) is 4.82. The summed E-state index contributed by atoms with van der Waals surface area (Å²) in [7, 11) is 0. The van der Waals surface area contributed by atoms with Gasteiger partial charge in [-0.1, -0.05) is 24.9 Å². The lowest BCUT2D eigenvalue weighted by Crippen LogP contribution is -2.07. The minimum Gasteiger partial charge on any atom is -0.494 e. The Kier molecular flexibility index (Phi) is 6.21. The van der Waals surface area contributed by atoms with Crippen LogP contribution in [0.1, 0.15) is 37.2 Å². The molecule has 0 aliphatic carbocycles. The lowest BCUT2D eigenvalue weighted by atomic mass is 10.2. The molecular weight excluding hydrogens is 322 g/mol. The average Bonchev–Trinajstić information content (AvgIpc) is 2.90. The van der Waals surface area contributed by atoms with Crippen molar-refractivity contribution in [1.82, 2.24) is 4.98 Å². The van der Waals surface area contributed by atoms with E-state index in [0.717, 1.165) is 24.2 Å². The molecule has 118 valence electrons. The van der Waals surface area contributed by atoms with Crippen molar-refractivity contribution in [1.29, 1.82) is 0 Å². The third-order valence-corrected chi connectivity index (χ3v) is 4.23. The van der Waals surface area contributed by atoms with Crippen LogP contribution in [0.25, 0.3) is 10.6 Å². The number of thiazole rings is 1. The topological polar surface area (TPSA) is 48.4 Å². The van der Waals surface area contributed by atoms with Gasteiger partial charge in [-0.15, -0.1) is 11.3 Å². The Labute approximate surface area is 139 Å². The van der Waals surface area contributed by atoms with Gasteiger partial charge >= 0.3 is 5.97 Å². The molecule has 0 spiro atoms. The lowest BCUT2D eigenvalue weighted by Gasteiger charge is -2.03. The fraction of sp³-hybridized carbons (Fsp3) is 0.375. The number of hydrogen-bond acceptors (Lipinski definition) is 5. The first-order chi connectivity index (χ1) is 10.7. The van der Waals surface area contributed by atoms with Crippen molar-refractivity contribution in [2.24, 2.45) is 0 Å². The number of esters is 1. The monoisotopic (exact) mass is 339 g/mol. The number of benzene rings is 1. The molecule has 0 aliphatic rings. The van der Waals surface area contributed by atoms with Crippen molar-refractivity contribution in [3.8, 4) is 16.3 Å². The Balaban J connectivity index is 2.13. The molecule has 2 aromatic rings. The van der Waals surface area contributed by atoms with Crippen molar-refractivity contribution < 1.29 is 14.3 Å². The number of unbranched alkanes of at least 4 members (excludes halogenated alkanes) is 1. The average molecular weight is 340 g/mol. The summed E-state index contributed by atoms with van der Waals surface area (Å²) in [5, 5.41) is 0.690. The second kappa shape index (κ2) is 8.15. The van der Waals surface area contributed by atoms with Gasteiger partial charge in [0.2, 0.25) is 0 Å². The highest BCUT2D eigenvalue weighted by atomic mass is 35.5. The summed E-state index contributed by atoms with van der Waals surface area (Å²) in [6.45, 7) is 4.98.